The molecular formula is C42H28. The molecule has 0 aromatic heterocycles. The normalized spacial score (nSPS) is 10.4. The second kappa shape index (κ2) is 13.0. The van der Waals surface area contributed by atoms with Crippen LogP contribution >= 0.6 is 0 Å². The van der Waals surface area contributed by atoms with Crippen molar-refractivity contribution in [2.75, 3.05) is 0 Å². The summed E-state index contributed by atoms with van der Waals surface area (Å²) in [5.41, 5.74) is 11.1. The van der Waals surface area contributed by atoms with Crippen LogP contribution in [0.3, 0.4) is 0 Å². The zero-order valence-electron chi connectivity index (χ0n) is 23.2. The smallest absolute Gasteiger partial charge is 0.0249 e. The summed E-state index contributed by atoms with van der Waals surface area (Å²) in [7, 11) is 0. The maximum Gasteiger partial charge on any atom is 0.0249 e. The van der Waals surface area contributed by atoms with Crippen molar-refractivity contribution in [2.24, 2.45) is 0 Å². The molecule has 0 radical (unpaired) electrons. The van der Waals surface area contributed by atoms with Gasteiger partial charge in [0.1, 0.15) is 0 Å². The molecule has 0 amide bonds. The van der Waals surface area contributed by atoms with E-state index in [0.717, 1.165) is 33.4 Å². The highest BCUT2D eigenvalue weighted by molar-refractivity contribution is 5.70. The van der Waals surface area contributed by atoms with E-state index in [2.05, 4.69) is 181 Å². The Morgan fingerprint density at radius 1 is 0.262 bits per heavy atom. The predicted octanol–water partition coefficient (Wildman–Crippen LogP) is 9.99. The molecule has 0 unspecified atom stereocenters. The maximum absolute atomic E-state index is 3.27. The molecule has 0 atom stereocenters. The van der Waals surface area contributed by atoms with Gasteiger partial charge in [-0.1, -0.05) is 145 Å². The number of hydrogen-bond acceptors (Lipinski definition) is 0. The lowest BCUT2D eigenvalue weighted by Crippen LogP contribution is -1.80. The molecule has 0 aliphatic heterocycles. The van der Waals surface area contributed by atoms with E-state index in [1.807, 2.05) is 12.1 Å². The molecule has 196 valence electrons. The molecule has 0 heterocycles. The van der Waals surface area contributed by atoms with Crippen molar-refractivity contribution in [3.8, 4) is 45.9 Å². The lowest BCUT2D eigenvalue weighted by molar-refractivity contribution is 1.58. The quantitative estimate of drug-likeness (QED) is 0.157. The Kier molecular flexibility index (Phi) is 8.19. The highest BCUT2D eigenvalue weighted by Gasteiger charge is 1.98. The first kappa shape index (κ1) is 26.4. The van der Waals surface area contributed by atoms with Gasteiger partial charge in [0.25, 0.3) is 0 Å². The lowest BCUT2D eigenvalue weighted by atomic mass is 10.0. The van der Waals surface area contributed by atoms with Gasteiger partial charge in [-0.05, 0) is 81.9 Å². The molecule has 0 saturated heterocycles. The van der Waals surface area contributed by atoms with Crippen molar-refractivity contribution >= 4 is 12.2 Å². The Morgan fingerprint density at radius 2 is 0.524 bits per heavy atom. The van der Waals surface area contributed by atoms with Gasteiger partial charge < -0.3 is 0 Å². The molecule has 0 saturated carbocycles. The Hall–Kier alpha value is -5.82. The largest absolute Gasteiger partial charge is 0.0622 e. The van der Waals surface area contributed by atoms with Crippen molar-refractivity contribution in [2.45, 2.75) is 0 Å². The third kappa shape index (κ3) is 7.03. The van der Waals surface area contributed by atoms with Crippen LogP contribution in [0.1, 0.15) is 33.4 Å². The first-order chi connectivity index (χ1) is 20.8. The average molecular weight is 533 g/mol. The summed E-state index contributed by atoms with van der Waals surface area (Å²) in [5, 5.41) is 0. The Bertz CT molecular complexity index is 1760. The molecule has 0 spiro atoms. The van der Waals surface area contributed by atoms with Crippen molar-refractivity contribution in [1.29, 1.82) is 0 Å². The maximum atomic E-state index is 3.27. The number of hydrogen-bond donors (Lipinski definition) is 0. The third-order valence-electron chi connectivity index (χ3n) is 6.98. The molecule has 0 aliphatic carbocycles. The molecule has 6 aromatic carbocycles. The Balaban J connectivity index is 1.04. The summed E-state index contributed by atoms with van der Waals surface area (Å²) in [5.74, 6) is 13.1. The minimum absolute atomic E-state index is 0.997. The topological polar surface area (TPSA) is 0 Å². The highest BCUT2D eigenvalue weighted by atomic mass is 14.0. The van der Waals surface area contributed by atoms with E-state index < -0.39 is 0 Å². The fraction of sp³-hybridized carbons (Fsp3) is 0. The van der Waals surface area contributed by atoms with Crippen molar-refractivity contribution in [3.05, 3.63) is 191 Å². The Labute approximate surface area is 248 Å². The molecule has 0 nitrogen and oxygen atoms in total. The molecule has 6 aromatic rings. The zero-order chi connectivity index (χ0) is 28.4. The predicted molar refractivity (Wildman–Crippen MR) is 178 cm³/mol. The van der Waals surface area contributed by atoms with Gasteiger partial charge in [-0.25, -0.2) is 0 Å². The second-order valence-electron chi connectivity index (χ2n) is 9.96. The molecule has 0 bridgehead atoms. The van der Waals surface area contributed by atoms with Crippen molar-refractivity contribution < 1.29 is 0 Å². The molecule has 0 fully saturated rings. The minimum atomic E-state index is 0.997. The monoisotopic (exact) mass is 532 g/mol. The first-order valence-corrected chi connectivity index (χ1v) is 14.0. The van der Waals surface area contributed by atoms with E-state index in [1.165, 1.54) is 22.3 Å². The van der Waals surface area contributed by atoms with Crippen LogP contribution < -0.4 is 0 Å². The molecule has 0 N–H and O–H groups in total. The zero-order valence-corrected chi connectivity index (χ0v) is 23.2. The molecule has 0 aliphatic rings. The van der Waals surface area contributed by atoms with E-state index in [9.17, 15) is 0 Å². The fourth-order valence-electron chi connectivity index (χ4n) is 4.59. The van der Waals surface area contributed by atoms with Gasteiger partial charge in [-0.2, -0.15) is 0 Å². The SMILES string of the molecule is C(#Cc1ccc(-c2ccccc2)cc1)c1ccc(/C=C/c2ccc(C#Cc3ccc(-c4ccccc4)cc3)cc2)cc1. The summed E-state index contributed by atoms with van der Waals surface area (Å²) < 4.78 is 0. The van der Waals surface area contributed by atoms with Gasteiger partial charge in [0.05, 0.1) is 0 Å². The first-order valence-electron chi connectivity index (χ1n) is 14.0. The van der Waals surface area contributed by atoms with Crippen molar-refractivity contribution in [1.82, 2.24) is 0 Å². The summed E-state index contributed by atoms with van der Waals surface area (Å²) in [6.07, 6.45) is 4.24. The molecule has 0 heteroatoms. The summed E-state index contributed by atoms with van der Waals surface area (Å²) in [6.45, 7) is 0. The van der Waals surface area contributed by atoms with E-state index in [0.29, 0.717) is 0 Å². The van der Waals surface area contributed by atoms with Gasteiger partial charge >= 0.3 is 0 Å². The average Bonchev–Trinajstić information content (AvgIpc) is 3.08. The van der Waals surface area contributed by atoms with Gasteiger partial charge in [-0.3, -0.25) is 0 Å². The van der Waals surface area contributed by atoms with Crippen molar-refractivity contribution in [3.63, 3.8) is 0 Å². The minimum Gasteiger partial charge on any atom is -0.0622 e. The van der Waals surface area contributed by atoms with E-state index in [1.54, 1.807) is 0 Å². The number of rotatable bonds is 4. The molecule has 6 rings (SSSR count). The lowest BCUT2D eigenvalue weighted by Gasteiger charge is -2.01. The summed E-state index contributed by atoms with van der Waals surface area (Å²) in [4.78, 5) is 0. The second-order valence-corrected chi connectivity index (χ2v) is 9.96. The van der Waals surface area contributed by atoms with Crippen LogP contribution in [0.5, 0.6) is 0 Å². The van der Waals surface area contributed by atoms with Crippen LogP contribution in [-0.4, -0.2) is 0 Å². The van der Waals surface area contributed by atoms with Crippen LogP contribution in [-0.2, 0) is 0 Å². The van der Waals surface area contributed by atoms with Crippen LogP contribution in [0.15, 0.2) is 158 Å². The standard InChI is InChI=1S/C42H28/c1-3-7-39(8-4-1)41-29-25-37(26-30-41)23-21-35-17-13-33(14-18-35)11-12-34-15-19-36(20-16-34)22-24-38-27-31-42(32-28-38)40-9-5-2-6-10-40/h1-20,25-32H/b12-11+. The van der Waals surface area contributed by atoms with Gasteiger partial charge in [0, 0.05) is 22.3 Å². The Morgan fingerprint density at radius 3 is 0.833 bits per heavy atom. The number of benzene rings is 6. The molecular weight excluding hydrogens is 504 g/mol. The van der Waals surface area contributed by atoms with E-state index >= 15 is 0 Å². The summed E-state index contributed by atoms with van der Waals surface area (Å²) >= 11 is 0. The van der Waals surface area contributed by atoms with Gasteiger partial charge in [-0.15, -0.1) is 0 Å². The van der Waals surface area contributed by atoms with Gasteiger partial charge in [0.2, 0.25) is 0 Å². The summed E-state index contributed by atoms with van der Waals surface area (Å²) in [6, 6.07) is 54.2. The van der Waals surface area contributed by atoms with E-state index in [4.69, 9.17) is 0 Å². The van der Waals surface area contributed by atoms with Crippen LogP contribution in [0.2, 0.25) is 0 Å². The fourth-order valence-corrected chi connectivity index (χ4v) is 4.59. The van der Waals surface area contributed by atoms with Crippen LogP contribution in [0.25, 0.3) is 34.4 Å². The van der Waals surface area contributed by atoms with Gasteiger partial charge in [0.15, 0.2) is 0 Å². The van der Waals surface area contributed by atoms with Crippen LogP contribution in [0, 0.1) is 23.7 Å². The van der Waals surface area contributed by atoms with Crippen LogP contribution in [0.4, 0.5) is 0 Å². The third-order valence-corrected chi connectivity index (χ3v) is 6.98. The molecule has 42 heavy (non-hydrogen) atoms. The highest BCUT2D eigenvalue weighted by Crippen LogP contribution is 2.20. The van der Waals surface area contributed by atoms with E-state index in [-0.39, 0.29) is 0 Å².